The number of halogens is 4. The Kier molecular flexibility index (Phi) is 5.26. The van der Waals surface area contributed by atoms with Gasteiger partial charge in [-0.2, -0.15) is 18.3 Å². The molecule has 3 heterocycles. The number of rotatable bonds is 3. The van der Waals surface area contributed by atoms with E-state index in [4.69, 9.17) is 0 Å². The number of carbonyl (C=O) groups is 1. The number of carbonyl (C=O) groups excluding carboxylic acids is 1. The second-order valence-corrected chi connectivity index (χ2v) is 7.97. The van der Waals surface area contributed by atoms with E-state index in [-0.39, 0.29) is 59.6 Å². The van der Waals surface area contributed by atoms with Crippen LogP contribution in [0.25, 0.3) is 10.9 Å². The maximum absolute atomic E-state index is 14.6. The number of para-hydroxylation sites is 1. The van der Waals surface area contributed by atoms with Crippen molar-refractivity contribution in [2.24, 2.45) is 0 Å². The molecule has 4 aromatic rings. The van der Waals surface area contributed by atoms with Gasteiger partial charge in [0, 0.05) is 13.1 Å². The largest absolute Gasteiger partial charge is 0.506 e. The molecule has 0 radical (unpaired) electrons. The van der Waals surface area contributed by atoms with Gasteiger partial charge in [0.25, 0.3) is 5.91 Å². The number of aromatic hydroxyl groups is 1. The second kappa shape index (κ2) is 8.18. The molecule has 1 aliphatic rings. The summed E-state index contributed by atoms with van der Waals surface area (Å²) < 4.78 is 56.0. The number of alkyl halides is 3. The lowest BCUT2D eigenvalue weighted by Crippen LogP contribution is -2.39. The number of amides is 1. The molecule has 0 fully saturated rings. The van der Waals surface area contributed by atoms with Gasteiger partial charge >= 0.3 is 6.18 Å². The van der Waals surface area contributed by atoms with Gasteiger partial charge in [0.2, 0.25) is 11.3 Å². The van der Waals surface area contributed by atoms with E-state index in [0.717, 1.165) is 16.8 Å². The molecule has 13 heteroatoms. The molecule has 35 heavy (non-hydrogen) atoms. The number of phenolic OH excluding ortho intramolecular Hbond substituents is 1. The molecular formula is C22H16F4N6O3. The lowest BCUT2D eigenvalue weighted by atomic mass is 10.1. The lowest BCUT2D eigenvalue weighted by Gasteiger charge is -2.28. The third-order valence-corrected chi connectivity index (χ3v) is 5.74. The average Bonchev–Trinajstić information content (AvgIpc) is 3.26. The summed E-state index contributed by atoms with van der Waals surface area (Å²) in [6, 6.07) is 8.30. The van der Waals surface area contributed by atoms with Crippen molar-refractivity contribution in [1.29, 1.82) is 0 Å². The third kappa shape index (κ3) is 3.98. The molecule has 0 unspecified atom stereocenters. The minimum Gasteiger partial charge on any atom is -0.506 e. The molecule has 0 aliphatic carbocycles. The maximum atomic E-state index is 14.6. The van der Waals surface area contributed by atoms with Crippen molar-refractivity contribution in [2.45, 2.75) is 25.8 Å². The van der Waals surface area contributed by atoms with Crippen LogP contribution in [0.2, 0.25) is 0 Å². The van der Waals surface area contributed by atoms with Crippen LogP contribution >= 0.6 is 0 Å². The van der Waals surface area contributed by atoms with Crippen LogP contribution in [0.4, 0.5) is 17.6 Å². The fourth-order valence-corrected chi connectivity index (χ4v) is 4.09. The Morgan fingerprint density at radius 3 is 2.69 bits per heavy atom. The smallest absolute Gasteiger partial charge is 0.451 e. The molecule has 5 rings (SSSR count). The van der Waals surface area contributed by atoms with E-state index in [1.54, 1.807) is 0 Å². The van der Waals surface area contributed by atoms with Crippen molar-refractivity contribution in [1.82, 2.24) is 29.4 Å². The molecule has 0 saturated heterocycles. The van der Waals surface area contributed by atoms with Crippen molar-refractivity contribution in [3.63, 3.8) is 0 Å². The molecule has 0 spiro atoms. The van der Waals surface area contributed by atoms with E-state index >= 15 is 0 Å². The zero-order chi connectivity index (χ0) is 24.9. The standard InChI is InChI=1S/C22H16F4N6O3/c23-15-5-4-12(10-32-19-13(17(34)9-27-32)2-1-3-16(19)33)8-14(15)20(35)30-6-7-31-18(11-30)28-29-21(31)22(24,25)26/h1-5,8-9,33H,6-7,10-11H2. The minimum atomic E-state index is -4.67. The van der Waals surface area contributed by atoms with Gasteiger partial charge in [-0.25, -0.2) is 4.39 Å². The number of fused-ring (bicyclic) bond motifs is 2. The molecule has 0 bridgehead atoms. The summed E-state index contributed by atoms with van der Waals surface area (Å²) in [5.74, 6) is -2.87. The van der Waals surface area contributed by atoms with Gasteiger partial charge in [0.15, 0.2) is 5.82 Å². The Bertz CT molecular complexity index is 1530. The summed E-state index contributed by atoms with van der Waals surface area (Å²) in [7, 11) is 0. The predicted molar refractivity (Wildman–Crippen MR) is 113 cm³/mol. The molecule has 2 aromatic carbocycles. The first-order chi connectivity index (χ1) is 16.6. The van der Waals surface area contributed by atoms with E-state index in [2.05, 4.69) is 15.3 Å². The second-order valence-electron chi connectivity index (χ2n) is 7.97. The topological polar surface area (TPSA) is 106 Å². The van der Waals surface area contributed by atoms with Gasteiger partial charge in [-0.05, 0) is 29.8 Å². The van der Waals surface area contributed by atoms with Gasteiger partial charge in [-0.15, -0.1) is 10.2 Å². The van der Waals surface area contributed by atoms with E-state index in [1.165, 1.54) is 39.9 Å². The fourth-order valence-electron chi connectivity index (χ4n) is 4.09. The van der Waals surface area contributed by atoms with Crippen LogP contribution in [0.15, 0.2) is 47.4 Å². The Morgan fingerprint density at radius 2 is 1.91 bits per heavy atom. The maximum Gasteiger partial charge on any atom is 0.451 e. The van der Waals surface area contributed by atoms with Crippen LogP contribution in [0.1, 0.15) is 27.6 Å². The molecule has 0 atom stereocenters. The van der Waals surface area contributed by atoms with Crippen molar-refractivity contribution in [2.75, 3.05) is 6.54 Å². The van der Waals surface area contributed by atoms with Gasteiger partial charge in [0.05, 0.1) is 30.2 Å². The van der Waals surface area contributed by atoms with Crippen molar-refractivity contribution in [3.8, 4) is 5.75 Å². The number of hydrogen-bond acceptors (Lipinski definition) is 6. The lowest BCUT2D eigenvalue weighted by molar-refractivity contribution is -0.147. The number of phenols is 1. The number of nitrogens with zero attached hydrogens (tertiary/aromatic N) is 6. The van der Waals surface area contributed by atoms with Crippen LogP contribution in [-0.4, -0.2) is 47.0 Å². The summed E-state index contributed by atoms with van der Waals surface area (Å²) in [5.41, 5.74) is -0.0159. The normalized spacial score (nSPS) is 13.8. The van der Waals surface area contributed by atoms with Gasteiger partial charge in [0.1, 0.15) is 17.1 Å². The Balaban J connectivity index is 1.43. The molecular weight excluding hydrogens is 472 g/mol. The summed E-state index contributed by atoms with van der Waals surface area (Å²) in [6.45, 7) is -0.517. The highest BCUT2D eigenvalue weighted by Gasteiger charge is 2.40. The van der Waals surface area contributed by atoms with Crippen LogP contribution < -0.4 is 5.43 Å². The highest BCUT2D eigenvalue weighted by Crippen LogP contribution is 2.30. The van der Waals surface area contributed by atoms with E-state index in [9.17, 15) is 32.3 Å². The molecule has 1 aliphatic heterocycles. The zero-order valence-corrected chi connectivity index (χ0v) is 17.8. The van der Waals surface area contributed by atoms with Crippen molar-refractivity contribution in [3.05, 3.63) is 81.4 Å². The summed E-state index contributed by atoms with van der Waals surface area (Å²) in [4.78, 5) is 26.3. The quantitative estimate of drug-likeness (QED) is 0.445. The zero-order valence-electron chi connectivity index (χ0n) is 17.8. The van der Waals surface area contributed by atoms with Crippen LogP contribution in [-0.2, 0) is 25.8 Å². The Labute approximate surface area is 193 Å². The molecule has 0 saturated carbocycles. The highest BCUT2D eigenvalue weighted by molar-refractivity contribution is 5.94. The Hall–Kier alpha value is -4.29. The first-order valence-electron chi connectivity index (χ1n) is 10.4. The van der Waals surface area contributed by atoms with Crippen LogP contribution in [0.3, 0.4) is 0 Å². The predicted octanol–water partition coefficient (Wildman–Crippen LogP) is 2.56. The van der Waals surface area contributed by atoms with Gasteiger partial charge in [-0.1, -0.05) is 12.1 Å². The first kappa shape index (κ1) is 22.5. The van der Waals surface area contributed by atoms with Crippen LogP contribution in [0.5, 0.6) is 5.75 Å². The van der Waals surface area contributed by atoms with E-state index in [1.807, 2.05) is 0 Å². The minimum absolute atomic E-state index is 0.0121. The summed E-state index contributed by atoms with van der Waals surface area (Å²) >= 11 is 0. The van der Waals surface area contributed by atoms with Gasteiger partial charge in [-0.3, -0.25) is 14.3 Å². The van der Waals surface area contributed by atoms with Crippen molar-refractivity contribution < 1.29 is 27.5 Å². The molecule has 9 nitrogen and oxygen atoms in total. The Morgan fingerprint density at radius 1 is 1.11 bits per heavy atom. The number of benzene rings is 2. The molecule has 2 aromatic heterocycles. The molecule has 1 amide bonds. The van der Waals surface area contributed by atoms with E-state index < -0.39 is 23.7 Å². The van der Waals surface area contributed by atoms with Gasteiger partial charge < -0.3 is 14.6 Å². The highest BCUT2D eigenvalue weighted by atomic mass is 19.4. The van der Waals surface area contributed by atoms with E-state index in [0.29, 0.717) is 5.56 Å². The fraction of sp³-hybridized carbons (Fsp3) is 0.227. The molecule has 1 N–H and O–H groups in total. The monoisotopic (exact) mass is 488 g/mol. The third-order valence-electron chi connectivity index (χ3n) is 5.74. The average molecular weight is 488 g/mol. The number of aromatic nitrogens is 5. The molecule has 180 valence electrons. The SMILES string of the molecule is O=C(c1cc(Cn2ncc(=O)c3cccc(O)c32)ccc1F)N1CCn2c(nnc2C(F)(F)F)C1. The first-order valence-corrected chi connectivity index (χ1v) is 10.4. The summed E-state index contributed by atoms with van der Waals surface area (Å²) in [5, 5.41) is 21.2. The van der Waals surface area contributed by atoms with Crippen LogP contribution in [0, 0.1) is 5.82 Å². The number of hydrogen-bond donors (Lipinski definition) is 1. The van der Waals surface area contributed by atoms with Crippen molar-refractivity contribution >= 4 is 16.8 Å². The summed E-state index contributed by atoms with van der Waals surface area (Å²) in [6.07, 6.45) is -3.58.